The molecule has 0 aliphatic heterocycles. The average Bonchev–Trinajstić information content (AvgIpc) is 2.19. The highest BCUT2D eigenvalue weighted by molar-refractivity contribution is 7.99. The molecule has 1 aromatic carbocycles. The van der Waals surface area contributed by atoms with Gasteiger partial charge in [-0.05, 0) is 32.6 Å². The van der Waals surface area contributed by atoms with Crippen molar-refractivity contribution in [2.45, 2.75) is 4.90 Å². The van der Waals surface area contributed by atoms with E-state index in [1.54, 1.807) is 0 Å². The van der Waals surface area contributed by atoms with Crippen LogP contribution in [0.15, 0.2) is 35.2 Å². The van der Waals surface area contributed by atoms with Crippen molar-refractivity contribution in [3.05, 3.63) is 37.3 Å². The number of hydrogen-bond donors (Lipinski definition) is 0. The van der Waals surface area contributed by atoms with Crippen LogP contribution in [0, 0.1) is 6.92 Å². The molecule has 0 N–H and O–H groups in total. The summed E-state index contributed by atoms with van der Waals surface area (Å²) in [5, 5.41) is 0. The van der Waals surface area contributed by atoms with Gasteiger partial charge in [-0.15, -0.1) is 11.8 Å². The van der Waals surface area contributed by atoms with Crippen molar-refractivity contribution in [2.75, 3.05) is 25.9 Å². The minimum Gasteiger partial charge on any atom is -0.306 e. The SMILES string of the molecule is [CH2]CN(C)CCSc1ccccc1. The van der Waals surface area contributed by atoms with E-state index < -0.39 is 0 Å². The molecule has 1 radical (unpaired) electrons. The second kappa shape index (κ2) is 6.06. The zero-order valence-electron chi connectivity index (χ0n) is 8.07. The molecule has 1 rings (SSSR count). The first kappa shape index (κ1) is 10.6. The lowest BCUT2D eigenvalue weighted by atomic mass is 10.4. The maximum Gasteiger partial charge on any atom is 0.0108 e. The van der Waals surface area contributed by atoms with E-state index in [2.05, 4.69) is 43.1 Å². The average molecular weight is 194 g/mol. The minimum atomic E-state index is 0.884. The standard InChI is InChI=1S/C11H16NS/c1-3-12(2)9-10-13-11-7-5-4-6-8-11/h4-8H,1,3,9-10H2,2H3. The van der Waals surface area contributed by atoms with E-state index in [1.807, 2.05) is 17.8 Å². The molecule has 71 valence electrons. The Morgan fingerprint density at radius 1 is 1.31 bits per heavy atom. The summed E-state index contributed by atoms with van der Waals surface area (Å²) in [6.45, 7) is 5.81. The van der Waals surface area contributed by atoms with Crippen molar-refractivity contribution in [1.29, 1.82) is 0 Å². The molecule has 0 bridgehead atoms. The Bertz CT molecular complexity index is 223. The van der Waals surface area contributed by atoms with Gasteiger partial charge in [0.2, 0.25) is 0 Å². The van der Waals surface area contributed by atoms with E-state index in [9.17, 15) is 0 Å². The second-order valence-electron chi connectivity index (χ2n) is 2.96. The van der Waals surface area contributed by atoms with Crippen molar-refractivity contribution >= 4 is 11.8 Å². The lowest BCUT2D eigenvalue weighted by Gasteiger charge is -2.12. The minimum absolute atomic E-state index is 0.884. The molecule has 0 unspecified atom stereocenters. The van der Waals surface area contributed by atoms with Gasteiger partial charge in [-0.2, -0.15) is 0 Å². The fraction of sp³-hybridized carbons (Fsp3) is 0.364. The molecule has 0 atom stereocenters. The van der Waals surface area contributed by atoms with E-state index in [1.165, 1.54) is 4.90 Å². The molecule has 0 heterocycles. The van der Waals surface area contributed by atoms with Gasteiger partial charge in [-0.1, -0.05) is 18.2 Å². The van der Waals surface area contributed by atoms with Crippen LogP contribution in [0.5, 0.6) is 0 Å². The predicted molar refractivity (Wildman–Crippen MR) is 60.0 cm³/mol. The van der Waals surface area contributed by atoms with E-state index >= 15 is 0 Å². The summed E-state index contributed by atoms with van der Waals surface area (Å²) in [4.78, 5) is 3.57. The van der Waals surface area contributed by atoms with E-state index in [0.29, 0.717) is 0 Å². The summed E-state index contributed by atoms with van der Waals surface area (Å²) in [5.74, 6) is 1.13. The molecular formula is C11H16NS. The normalized spacial score (nSPS) is 10.7. The number of rotatable bonds is 5. The van der Waals surface area contributed by atoms with Crippen LogP contribution < -0.4 is 0 Å². The van der Waals surface area contributed by atoms with E-state index in [4.69, 9.17) is 0 Å². The van der Waals surface area contributed by atoms with Crippen molar-refractivity contribution in [2.24, 2.45) is 0 Å². The van der Waals surface area contributed by atoms with Crippen molar-refractivity contribution in [1.82, 2.24) is 4.90 Å². The molecule has 0 amide bonds. The summed E-state index contributed by atoms with van der Waals surface area (Å²) < 4.78 is 0. The molecule has 0 fully saturated rings. The van der Waals surface area contributed by atoms with Crippen LogP contribution in [0.3, 0.4) is 0 Å². The van der Waals surface area contributed by atoms with Crippen LogP contribution in [0.1, 0.15) is 0 Å². The van der Waals surface area contributed by atoms with Gasteiger partial charge in [0.1, 0.15) is 0 Å². The third-order valence-corrected chi connectivity index (χ3v) is 2.86. The zero-order chi connectivity index (χ0) is 9.52. The molecule has 0 saturated heterocycles. The molecule has 0 aliphatic rings. The molecule has 0 spiro atoms. The van der Waals surface area contributed by atoms with Crippen molar-refractivity contribution in [3.63, 3.8) is 0 Å². The predicted octanol–water partition coefficient (Wildman–Crippen LogP) is 2.54. The maximum atomic E-state index is 3.83. The first-order chi connectivity index (χ1) is 6.33. The van der Waals surface area contributed by atoms with Gasteiger partial charge >= 0.3 is 0 Å². The molecule has 0 aliphatic carbocycles. The number of thioether (sulfide) groups is 1. The topological polar surface area (TPSA) is 3.24 Å². The number of benzene rings is 1. The lowest BCUT2D eigenvalue weighted by Crippen LogP contribution is -2.20. The highest BCUT2D eigenvalue weighted by Gasteiger charge is 1.95. The summed E-state index contributed by atoms with van der Waals surface area (Å²) >= 11 is 1.89. The van der Waals surface area contributed by atoms with Gasteiger partial charge in [-0.3, -0.25) is 0 Å². The van der Waals surface area contributed by atoms with Crippen LogP contribution in [0.4, 0.5) is 0 Å². The van der Waals surface area contributed by atoms with Gasteiger partial charge in [0, 0.05) is 17.2 Å². The molecule has 2 heteroatoms. The molecular weight excluding hydrogens is 178 g/mol. The van der Waals surface area contributed by atoms with Crippen molar-refractivity contribution < 1.29 is 0 Å². The highest BCUT2D eigenvalue weighted by atomic mass is 32.2. The van der Waals surface area contributed by atoms with Crippen LogP contribution in [-0.2, 0) is 0 Å². The summed E-state index contributed by atoms with van der Waals surface area (Å²) in [7, 11) is 2.10. The summed E-state index contributed by atoms with van der Waals surface area (Å²) in [5.41, 5.74) is 0. The van der Waals surface area contributed by atoms with Crippen LogP contribution in [-0.4, -0.2) is 30.8 Å². The summed E-state index contributed by atoms with van der Waals surface area (Å²) in [6.07, 6.45) is 0. The molecule has 1 nitrogen and oxygen atoms in total. The first-order valence-electron chi connectivity index (χ1n) is 4.48. The molecule has 1 aromatic rings. The Morgan fingerprint density at radius 3 is 2.62 bits per heavy atom. The Balaban J connectivity index is 2.20. The summed E-state index contributed by atoms with van der Waals surface area (Å²) in [6, 6.07) is 10.5. The monoisotopic (exact) mass is 194 g/mol. The van der Waals surface area contributed by atoms with Crippen molar-refractivity contribution in [3.8, 4) is 0 Å². The largest absolute Gasteiger partial charge is 0.306 e. The Morgan fingerprint density at radius 2 is 2.00 bits per heavy atom. The third kappa shape index (κ3) is 4.34. The van der Waals surface area contributed by atoms with Gasteiger partial charge in [0.05, 0.1) is 0 Å². The smallest absolute Gasteiger partial charge is 0.0108 e. The van der Waals surface area contributed by atoms with Gasteiger partial charge in [0.25, 0.3) is 0 Å². The lowest BCUT2D eigenvalue weighted by molar-refractivity contribution is 0.394. The molecule has 0 aromatic heterocycles. The van der Waals surface area contributed by atoms with E-state index in [0.717, 1.165) is 18.8 Å². The number of nitrogens with zero attached hydrogens (tertiary/aromatic N) is 1. The third-order valence-electron chi connectivity index (χ3n) is 1.87. The van der Waals surface area contributed by atoms with Crippen LogP contribution in [0.2, 0.25) is 0 Å². The molecule has 13 heavy (non-hydrogen) atoms. The first-order valence-corrected chi connectivity index (χ1v) is 5.47. The van der Waals surface area contributed by atoms with Gasteiger partial charge in [-0.25, -0.2) is 0 Å². The van der Waals surface area contributed by atoms with Crippen LogP contribution in [0.25, 0.3) is 0 Å². The quantitative estimate of drug-likeness (QED) is 0.663. The molecule has 0 saturated carbocycles. The maximum absolute atomic E-state index is 3.83. The Labute approximate surface area is 85.1 Å². The fourth-order valence-electron chi connectivity index (χ4n) is 0.948. The Hall–Kier alpha value is -0.470. The van der Waals surface area contributed by atoms with Crippen LogP contribution >= 0.6 is 11.8 Å². The zero-order valence-corrected chi connectivity index (χ0v) is 8.89. The Kier molecular flexibility index (Phi) is 4.94. The second-order valence-corrected chi connectivity index (χ2v) is 4.13. The number of hydrogen-bond acceptors (Lipinski definition) is 2. The fourth-order valence-corrected chi connectivity index (χ4v) is 1.94. The van der Waals surface area contributed by atoms with Gasteiger partial charge < -0.3 is 4.90 Å². The van der Waals surface area contributed by atoms with E-state index in [-0.39, 0.29) is 0 Å². The highest BCUT2D eigenvalue weighted by Crippen LogP contribution is 2.16. The van der Waals surface area contributed by atoms with Gasteiger partial charge in [0.15, 0.2) is 0 Å².